The molecule has 0 aliphatic rings. The molecule has 1 aromatic carbocycles. The standard InChI is InChI=1S/C13H14BrN3O4S/c1-7(9-4-3-5-10(14)6-9)17-22(20,21)11-8(2)15-13(19)16-12(11)18/h3-7,17H,1-2H3,(H2,15,16,18,19)/t7-/m0/s1. The van der Waals surface area contributed by atoms with Crippen LogP contribution >= 0.6 is 15.9 Å². The molecular formula is C13H14BrN3O4S. The number of hydrogen-bond acceptors (Lipinski definition) is 4. The van der Waals surface area contributed by atoms with Crippen LogP contribution in [0.2, 0.25) is 0 Å². The minimum absolute atomic E-state index is 0.0114. The molecule has 0 saturated carbocycles. The van der Waals surface area contributed by atoms with Crippen LogP contribution in [0.15, 0.2) is 43.2 Å². The minimum atomic E-state index is -4.08. The Morgan fingerprint density at radius 2 is 1.91 bits per heavy atom. The van der Waals surface area contributed by atoms with E-state index in [1.165, 1.54) is 6.92 Å². The second-order valence-electron chi connectivity index (χ2n) is 4.76. The first-order valence-electron chi connectivity index (χ1n) is 6.31. The van der Waals surface area contributed by atoms with E-state index in [1.54, 1.807) is 25.1 Å². The van der Waals surface area contributed by atoms with Gasteiger partial charge in [0.2, 0.25) is 10.0 Å². The molecule has 22 heavy (non-hydrogen) atoms. The van der Waals surface area contributed by atoms with Gasteiger partial charge in [-0.15, -0.1) is 0 Å². The number of halogens is 1. The van der Waals surface area contributed by atoms with Crippen LogP contribution in [-0.2, 0) is 10.0 Å². The summed E-state index contributed by atoms with van der Waals surface area (Å²) >= 11 is 3.31. The van der Waals surface area contributed by atoms with E-state index < -0.39 is 32.2 Å². The molecule has 2 rings (SSSR count). The average molecular weight is 388 g/mol. The Bertz CT molecular complexity index is 917. The Labute approximate surface area is 135 Å². The number of aromatic nitrogens is 2. The largest absolute Gasteiger partial charge is 0.325 e. The molecule has 118 valence electrons. The van der Waals surface area contributed by atoms with Gasteiger partial charge in [-0.05, 0) is 31.5 Å². The van der Waals surface area contributed by atoms with E-state index in [1.807, 2.05) is 11.1 Å². The van der Waals surface area contributed by atoms with Gasteiger partial charge in [-0.2, -0.15) is 0 Å². The first-order chi connectivity index (χ1) is 10.2. The molecule has 1 atom stereocenters. The molecule has 0 fully saturated rings. The average Bonchev–Trinajstić information content (AvgIpc) is 2.36. The lowest BCUT2D eigenvalue weighted by Crippen LogP contribution is -2.35. The van der Waals surface area contributed by atoms with E-state index in [0.29, 0.717) is 0 Å². The maximum absolute atomic E-state index is 12.4. The Hall–Kier alpha value is -1.71. The minimum Gasteiger partial charge on any atom is -0.310 e. The van der Waals surface area contributed by atoms with Gasteiger partial charge in [-0.25, -0.2) is 17.9 Å². The first-order valence-corrected chi connectivity index (χ1v) is 8.59. The maximum Gasteiger partial charge on any atom is 0.325 e. The normalized spacial score (nSPS) is 13.0. The molecule has 9 heteroatoms. The van der Waals surface area contributed by atoms with Gasteiger partial charge in [0.25, 0.3) is 5.56 Å². The van der Waals surface area contributed by atoms with Crippen LogP contribution in [0, 0.1) is 6.92 Å². The van der Waals surface area contributed by atoms with Crippen molar-refractivity contribution < 1.29 is 8.42 Å². The van der Waals surface area contributed by atoms with E-state index in [0.717, 1.165) is 10.0 Å². The van der Waals surface area contributed by atoms with Crippen molar-refractivity contribution in [1.29, 1.82) is 0 Å². The highest BCUT2D eigenvalue weighted by Gasteiger charge is 2.24. The summed E-state index contributed by atoms with van der Waals surface area (Å²) in [5.74, 6) is 0. The number of benzene rings is 1. The van der Waals surface area contributed by atoms with Crippen LogP contribution in [0.5, 0.6) is 0 Å². The van der Waals surface area contributed by atoms with E-state index in [9.17, 15) is 18.0 Å². The van der Waals surface area contributed by atoms with E-state index in [-0.39, 0.29) is 5.69 Å². The fourth-order valence-electron chi connectivity index (χ4n) is 2.05. The highest BCUT2D eigenvalue weighted by Crippen LogP contribution is 2.19. The molecule has 7 nitrogen and oxygen atoms in total. The van der Waals surface area contributed by atoms with Gasteiger partial charge in [0, 0.05) is 16.2 Å². The molecule has 0 unspecified atom stereocenters. The smallest absolute Gasteiger partial charge is 0.310 e. The highest BCUT2D eigenvalue weighted by molar-refractivity contribution is 9.10. The van der Waals surface area contributed by atoms with Crippen molar-refractivity contribution in [2.75, 3.05) is 0 Å². The van der Waals surface area contributed by atoms with Crippen molar-refractivity contribution >= 4 is 26.0 Å². The summed E-state index contributed by atoms with van der Waals surface area (Å²) < 4.78 is 28.0. The Morgan fingerprint density at radius 3 is 2.50 bits per heavy atom. The van der Waals surface area contributed by atoms with Crippen molar-refractivity contribution in [1.82, 2.24) is 14.7 Å². The Kier molecular flexibility index (Phi) is 4.69. The van der Waals surface area contributed by atoms with E-state index in [2.05, 4.69) is 25.6 Å². The number of nitrogens with one attached hydrogen (secondary N) is 3. The van der Waals surface area contributed by atoms with E-state index in [4.69, 9.17) is 0 Å². The molecule has 2 aromatic rings. The summed E-state index contributed by atoms with van der Waals surface area (Å²) in [5.41, 5.74) is -0.976. The number of aromatic amines is 2. The molecule has 1 heterocycles. The Balaban J connectivity index is 2.40. The predicted octanol–water partition coefficient (Wildman–Crippen LogP) is 1.17. The van der Waals surface area contributed by atoms with Crippen LogP contribution < -0.4 is 16.0 Å². The van der Waals surface area contributed by atoms with Crippen molar-refractivity contribution in [3.8, 4) is 0 Å². The molecule has 0 spiro atoms. The highest BCUT2D eigenvalue weighted by atomic mass is 79.9. The third-order valence-electron chi connectivity index (χ3n) is 3.02. The zero-order valence-electron chi connectivity index (χ0n) is 11.8. The number of sulfonamides is 1. The molecule has 0 saturated heterocycles. The molecule has 0 radical (unpaired) electrons. The number of rotatable bonds is 4. The fourth-order valence-corrected chi connectivity index (χ4v) is 3.93. The lowest BCUT2D eigenvalue weighted by Gasteiger charge is -2.15. The first kappa shape index (κ1) is 16.7. The van der Waals surface area contributed by atoms with Gasteiger partial charge >= 0.3 is 5.69 Å². The van der Waals surface area contributed by atoms with Gasteiger partial charge in [0.05, 0.1) is 0 Å². The van der Waals surface area contributed by atoms with Crippen LogP contribution in [0.3, 0.4) is 0 Å². The van der Waals surface area contributed by atoms with Gasteiger partial charge in [0.15, 0.2) is 4.90 Å². The zero-order chi connectivity index (χ0) is 16.5. The summed E-state index contributed by atoms with van der Waals surface area (Å²) in [6.07, 6.45) is 0. The Morgan fingerprint density at radius 1 is 1.23 bits per heavy atom. The maximum atomic E-state index is 12.4. The SMILES string of the molecule is Cc1[nH]c(=O)[nH]c(=O)c1S(=O)(=O)N[C@@H](C)c1cccc(Br)c1. The monoisotopic (exact) mass is 387 g/mol. The fraction of sp³-hybridized carbons (Fsp3) is 0.231. The summed E-state index contributed by atoms with van der Waals surface area (Å²) in [6.45, 7) is 3.02. The molecule has 3 N–H and O–H groups in total. The summed E-state index contributed by atoms with van der Waals surface area (Å²) in [5, 5.41) is 0. The summed E-state index contributed by atoms with van der Waals surface area (Å²) in [7, 11) is -4.08. The molecule has 0 aliphatic heterocycles. The molecule has 1 aromatic heterocycles. The second-order valence-corrected chi connectivity index (χ2v) is 7.33. The van der Waals surface area contributed by atoms with Crippen LogP contribution in [0.25, 0.3) is 0 Å². The number of H-pyrrole nitrogens is 2. The number of hydrogen-bond donors (Lipinski definition) is 3. The third kappa shape index (κ3) is 3.54. The van der Waals surface area contributed by atoms with Crippen molar-refractivity contribution in [3.63, 3.8) is 0 Å². The topological polar surface area (TPSA) is 112 Å². The summed E-state index contributed by atoms with van der Waals surface area (Å²) in [6, 6.07) is 6.59. The van der Waals surface area contributed by atoms with Crippen LogP contribution in [-0.4, -0.2) is 18.4 Å². The van der Waals surface area contributed by atoms with Gasteiger partial charge < -0.3 is 4.98 Å². The predicted molar refractivity (Wildman–Crippen MR) is 85.3 cm³/mol. The summed E-state index contributed by atoms with van der Waals surface area (Å²) in [4.78, 5) is 26.6. The molecule has 0 amide bonds. The quantitative estimate of drug-likeness (QED) is 0.730. The van der Waals surface area contributed by atoms with Gasteiger partial charge in [-0.3, -0.25) is 9.78 Å². The zero-order valence-corrected chi connectivity index (χ0v) is 14.2. The van der Waals surface area contributed by atoms with Crippen molar-refractivity contribution in [3.05, 3.63) is 60.8 Å². The van der Waals surface area contributed by atoms with Gasteiger partial charge in [0.1, 0.15) is 0 Å². The van der Waals surface area contributed by atoms with Crippen LogP contribution in [0.4, 0.5) is 0 Å². The van der Waals surface area contributed by atoms with E-state index >= 15 is 0 Å². The molecular weight excluding hydrogens is 374 g/mol. The van der Waals surface area contributed by atoms with Crippen LogP contribution in [0.1, 0.15) is 24.2 Å². The van der Waals surface area contributed by atoms with Crippen molar-refractivity contribution in [2.45, 2.75) is 24.8 Å². The molecule has 0 aliphatic carbocycles. The van der Waals surface area contributed by atoms with Crippen molar-refractivity contribution in [2.24, 2.45) is 0 Å². The van der Waals surface area contributed by atoms with Gasteiger partial charge in [-0.1, -0.05) is 28.1 Å². The lowest BCUT2D eigenvalue weighted by atomic mass is 10.1. The third-order valence-corrected chi connectivity index (χ3v) is 5.21. The lowest BCUT2D eigenvalue weighted by molar-refractivity contribution is 0.563. The second kappa shape index (κ2) is 6.19. The number of aryl methyl sites for hydroxylation is 1. The molecule has 0 bridgehead atoms.